The number of rotatable bonds is 5. The lowest BCUT2D eigenvalue weighted by Crippen LogP contribution is -2.41. The summed E-state index contributed by atoms with van der Waals surface area (Å²) in [5.41, 5.74) is 0.905. The van der Waals surface area contributed by atoms with E-state index in [0.717, 1.165) is 25.2 Å². The van der Waals surface area contributed by atoms with Crippen molar-refractivity contribution >= 4 is 11.4 Å². The van der Waals surface area contributed by atoms with Crippen molar-refractivity contribution in [3.8, 4) is 5.75 Å². The number of hydrogen-bond donors (Lipinski definition) is 1. The Hall–Kier alpha value is -1.82. The van der Waals surface area contributed by atoms with E-state index in [1.807, 2.05) is 13.8 Å². The van der Waals surface area contributed by atoms with E-state index >= 15 is 0 Å². The smallest absolute Gasteiger partial charge is 0.311 e. The van der Waals surface area contributed by atoms with E-state index in [9.17, 15) is 15.2 Å². The Balaban J connectivity index is 2.22. The van der Waals surface area contributed by atoms with Crippen molar-refractivity contribution in [2.75, 3.05) is 24.6 Å². The highest BCUT2D eigenvalue weighted by molar-refractivity contribution is 5.59. The number of hydrogen-bond acceptors (Lipinski definition) is 5. The molecule has 0 saturated carbocycles. The van der Waals surface area contributed by atoms with Crippen molar-refractivity contribution in [2.45, 2.75) is 32.8 Å². The molecule has 6 nitrogen and oxygen atoms in total. The summed E-state index contributed by atoms with van der Waals surface area (Å²) in [6, 6.07) is 4.98. The molecule has 1 N–H and O–H groups in total. The molecular formula is C15H22N2O4. The van der Waals surface area contributed by atoms with Crippen molar-refractivity contribution < 1.29 is 14.8 Å². The summed E-state index contributed by atoms with van der Waals surface area (Å²) in [7, 11) is 0. The molecule has 0 aromatic heterocycles. The molecule has 1 aliphatic rings. The van der Waals surface area contributed by atoms with Crippen LogP contribution in [0.3, 0.4) is 0 Å². The molecule has 1 aliphatic heterocycles. The maximum absolute atomic E-state index is 11.0. The minimum absolute atomic E-state index is 0.00251. The topological polar surface area (TPSA) is 75.8 Å². The van der Waals surface area contributed by atoms with Gasteiger partial charge in [0.05, 0.1) is 17.6 Å². The van der Waals surface area contributed by atoms with Gasteiger partial charge in [0.1, 0.15) is 0 Å². The molecule has 116 valence electrons. The summed E-state index contributed by atoms with van der Waals surface area (Å²) in [5, 5.41) is 20.8. The van der Waals surface area contributed by atoms with Crippen LogP contribution in [0.25, 0.3) is 0 Å². The van der Waals surface area contributed by atoms with Crippen molar-refractivity contribution in [3.05, 3.63) is 28.3 Å². The van der Waals surface area contributed by atoms with Crippen molar-refractivity contribution in [2.24, 2.45) is 5.92 Å². The Morgan fingerprint density at radius 2 is 2.29 bits per heavy atom. The normalized spacial score (nSPS) is 22.1. The molecule has 0 bridgehead atoms. The van der Waals surface area contributed by atoms with E-state index in [2.05, 4.69) is 4.90 Å². The Kier molecular flexibility index (Phi) is 5.01. The summed E-state index contributed by atoms with van der Waals surface area (Å²) in [6.07, 6.45) is 1.24. The summed E-state index contributed by atoms with van der Waals surface area (Å²) >= 11 is 0. The van der Waals surface area contributed by atoms with Crippen LogP contribution in [-0.4, -0.2) is 35.8 Å². The highest BCUT2D eigenvalue weighted by atomic mass is 16.6. The molecule has 2 atom stereocenters. The second-order valence-corrected chi connectivity index (χ2v) is 5.54. The quantitative estimate of drug-likeness (QED) is 0.667. The Labute approximate surface area is 124 Å². The predicted molar refractivity (Wildman–Crippen MR) is 80.9 cm³/mol. The van der Waals surface area contributed by atoms with Crippen LogP contribution in [0.2, 0.25) is 0 Å². The molecule has 1 aromatic carbocycles. The Bertz CT molecular complexity index is 506. The van der Waals surface area contributed by atoms with Gasteiger partial charge in [-0.25, -0.2) is 0 Å². The minimum atomic E-state index is -0.419. The Morgan fingerprint density at radius 3 is 2.90 bits per heavy atom. The molecule has 0 radical (unpaired) electrons. The molecule has 1 saturated heterocycles. The molecule has 1 aromatic rings. The first kappa shape index (κ1) is 15.6. The van der Waals surface area contributed by atoms with E-state index < -0.39 is 4.92 Å². The second-order valence-electron chi connectivity index (χ2n) is 5.54. The second kappa shape index (κ2) is 6.76. The lowest BCUT2D eigenvalue weighted by atomic mass is 9.96. The fraction of sp³-hybridized carbons (Fsp3) is 0.600. The molecule has 0 amide bonds. The van der Waals surface area contributed by atoms with Crippen molar-refractivity contribution in [3.63, 3.8) is 0 Å². The van der Waals surface area contributed by atoms with Crippen LogP contribution in [-0.2, 0) is 0 Å². The standard InChI is InChI=1S/C15H22N2O4/c1-3-8-21-15-9-12(4-5-13(15)17(19)20)16-7-6-14(18)11(2)10-16/h4-5,9,11,14,18H,3,6-8,10H2,1-2H3. The third-order valence-corrected chi connectivity index (χ3v) is 3.83. The SMILES string of the molecule is CCCOc1cc(N2CCC(O)C(C)C2)ccc1[N+](=O)[O-]. The van der Waals surface area contributed by atoms with Crippen LogP contribution in [0.4, 0.5) is 11.4 Å². The lowest BCUT2D eigenvalue weighted by Gasteiger charge is -2.36. The fourth-order valence-electron chi connectivity index (χ4n) is 2.55. The molecule has 0 spiro atoms. The Morgan fingerprint density at radius 1 is 1.52 bits per heavy atom. The largest absolute Gasteiger partial charge is 0.487 e. The van der Waals surface area contributed by atoms with Gasteiger partial charge in [0.25, 0.3) is 0 Å². The zero-order valence-electron chi connectivity index (χ0n) is 12.5. The molecule has 21 heavy (non-hydrogen) atoms. The van der Waals surface area contributed by atoms with Gasteiger partial charge in [-0.05, 0) is 24.8 Å². The highest BCUT2D eigenvalue weighted by Gasteiger charge is 2.25. The van der Waals surface area contributed by atoms with E-state index in [1.165, 1.54) is 6.07 Å². The van der Waals surface area contributed by atoms with Crippen LogP contribution < -0.4 is 9.64 Å². The monoisotopic (exact) mass is 294 g/mol. The zero-order chi connectivity index (χ0) is 15.4. The minimum Gasteiger partial charge on any atom is -0.487 e. The summed E-state index contributed by atoms with van der Waals surface area (Å²) in [5.74, 6) is 0.507. The van der Waals surface area contributed by atoms with Gasteiger partial charge in [0.15, 0.2) is 5.75 Å². The van der Waals surface area contributed by atoms with Gasteiger partial charge in [0, 0.05) is 30.9 Å². The number of benzene rings is 1. The van der Waals surface area contributed by atoms with E-state index in [4.69, 9.17) is 4.74 Å². The van der Waals surface area contributed by atoms with Crippen molar-refractivity contribution in [1.29, 1.82) is 0 Å². The van der Waals surface area contributed by atoms with Gasteiger partial charge in [-0.1, -0.05) is 13.8 Å². The van der Waals surface area contributed by atoms with Gasteiger partial charge in [-0.2, -0.15) is 0 Å². The zero-order valence-corrected chi connectivity index (χ0v) is 12.5. The summed E-state index contributed by atoms with van der Waals surface area (Å²) < 4.78 is 5.51. The number of piperidine rings is 1. The van der Waals surface area contributed by atoms with Crippen LogP contribution in [0.1, 0.15) is 26.7 Å². The molecule has 2 rings (SSSR count). The fourth-order valence-corrected chi connectivity index (χ4v) is 2.55. The summed E-state index contributed by atoms with van der Waals surface area (Å²) in [6.45, 7) is 5.92. The predicted octanol–water partition coefficient (Wildman–Crippen LogP) is 2.59. The molecular weight excluding hydrogens is 272 g/mol. The number of anilines is 1. The number of nitro groups is 1. The maximum atomic E-state index is 11.0. The van der Waals surface area contributed by atoms with E-state index in [1.54, 1.807) is 12.1 Å². The number of aliphatic hydroxyl groups is 1. The first-order chi connectivity index (χ1) is 10.0. The molecule has 1 heterocycles. The average Bonchev–Trinajstić information content (AvgIpc) is 2.47. The number of aliphatic hydroxyl groups excluding tert-OH is 1. The summed E-state index contributed by atoms with van der Waals surface area (Å²) in [4.78, 5) is 12.8. The third kappa shape index (κ3) is 3.64. The van der Waals surface area contributed by atoms with E-state index in [-0.39, 0.29) is 17.7 Å². The molecule has 6 heteroatoms. The third-order valence-electron chi connectivity index (χ3n) is 3.83. The van der Waals surface area contributed by atoms with Gasteiger partial charge < -0.3 is 14.7 Å². The number of ether oxygens (including phenoxy) is 1. The first-order valence-electron chi connectivity index (χ1n) is 7.37. The van der Waals surface area contributed by atoms with E-state index in [0.29, 0.717) is 18.8 Å². The van der Waals surface area contributed by atoms with Gasteiger partial charge in [0.2, 0.25) is 0 Å². The lowest BCUT2D eigenvalue weighted by molar-refractivity contribution is -0.385. The number of nitrogens with zero attached hydrogens (tertiary/aromatic N) is 2. The van der Waals surface area contributed by atoms with Crippen LogP contribution >= 0.6 is 0 Å². The molecule has 2 unspecified atom stereocenters. The average molecular weight is 294 g/mol. The van der Waals surface area contributed by atoms with Gasteiger partial charge >= 0.3 is 5.69 Å². The maximum Gasteiger partial charge on any atom is 0.311 e. The first-order valence-corrected chi connectivity index (χ1v) is 7.37. The molecule has 1 fully saturated rings. The molecule has 0 aliphatic carbocycles. The van der Waals surface area contributed by atoms with Gasteiger partial charge in [-0.3, -0.25) is 10.1 Å². The van der Waals surface area contributed by atoms with Gasteiger partial charge in [-0.15, -0.1) is 0 Å². The van der Waals surface area contributed by atoms with Crippen LogP contribution in [0.15, 0.2) is 18.2 Å². The van der Waals surface area contributed by atoms with Crippen LogP contribution in [0.5, 0.6) is 5.75 Å². The van der Waals surface area contributed by atoms with Crippen LogP contribution in [0, 0.1) is 16.0 Å². The van der Waals surface area contributed by atoms with Crippen molar-refractivity contribution in [1.82, 2.24) is 0 Å². The highest BCUT2D eigenvalue weighted by Crippen LogP contribution is 2.33. The number of nitro benzene ring substituents is 1.